The fraction of sp³-hybridized carbons (Fsp3) is 0.889. The van der Waals surface area contributed by atoms with Crippen LogP contribution in [0.25, 0.3) is 0 Å². The molecule has 0 aromatic rings. The molecular weight excluding hydrogens is 170 g/mol. The van der Waals surface area contributed by atoms with Gasteiger partial charge in [0.25, 0.3) is 0 Å². The minimum Gasteiger partial charge on any atom is -0.411 e. The molecule has 0 spiro atoms. The average molecular weight is 187 g/mol. The van der Waals surface area contributed by atoms with Crippen molar-refractivity contribution in [1.82, 2.24) is 0 Å². The minimum absolute atomic E-state index is 0.221. The highest BCUT2D eigenvalue weighted by molar-refractivity contribution is 5.86. The Bertz CT molecular complexity index is 199. The highest BCUT2D eigenvalue weighted by Crippen LogP contribution is 2.33. The maximum atomic E-state index is 8.68. The maximum Gasteiger partial charge on any atom is 0.168 e. The molecule has 13 heavy (non-hydrogen) atoms. The van der Waals surface area contributed by atoms with Crippen LogP contribution in [-0.2, 0) is 9.47 Å². The molecule has 1 atom stereocenters. The van der Waals surface area contributed by atoms with Gasteiger partial charge < -0.3 is 14.7 Å². The van der Waals surface area contributed by atoms with E-state index in [0.29, 0.717) is 0 Å². The van der Waals surface area contributed by atoms with Crippen molar-refractivity contribution in [2.45, 2.75) is 32.0 Å². The predicted molar refractivity (Wildman–Crippen MR) is 49.0 cm³/mol. The molecule has 0 aliphatic heterocycles. The van der Waals surface area contributed by atoms with E-state index in [2.05, 4.69) is 5.16 Å². The van der Waals surface area contributed by atoms with Gasteiger partial charge in [0.2, 0.25) is 0 Å². The summed E-state index contributed by atoms with van der Waals surface area (Å²) >= 11 is 0. The van der Waals surface area contributed by atoms with E-state index in [1.807, 2.05) is 6.92 Å². The van der Waals surface area contributed by atoms with Crippen LogP contribution >= 0.6 is 0 Å². The van der Waals surface area contributed by atoms with Gasteiger partial charge in [0.05, 0.1) is 5.71 Å². The van der Waals surface area contributed by atoms with Crippen molar-refractivity contribution in [2.24, 2.45) is 11.1 Å². The smallest absolute Gasteiger partial charge is 0.168 e. The second kappa shape index (κ2) is 4.07. The number of rotatable bonds is 2. The molecule has 0 heterocycles. The maximum absolute atomic E-state index is 8.68. The van der Waals surface area contributed by atoms with Gasteiger partial charge in [-0.15, -0.1) is 0 Å². The topological polar surface area (TPSA) is 51.0 Å². The summed E-state index contributed by atoms with van der Waals surface area (Å²) in [5.41, 5.74) is 0.838. The molecule has 0 bridgehead atoms. The van der Waals surface area contributed by atoms with Crippen molar-refractivity contribution < 1.29 is 14.7 Å². The van der Waals surface area contributed by atoms with Crippen molar-refractivity contribution in [1.29, 1.82) is 0 Å². The zero-order valence-electron chi connectivity index (χ0n) is 8.41. The molecule has 1 unspecified atom stereocenters. The van der Waals surface area contributed by atoms with Gasteiger partial charge in [0.15, 0.2) is 5.79 Å². The largest absolute Gasteiger partial charge is 0.411 e. The first kappa shape index (κ1) is 10.5. The molecule has 1 aliphatic carbocycles. The van der Waals surface area contributed by atoms with Gasteiger partial charge >= 0.3 is 0 Å². The highest BCUT2D eigenvalue weighted by atomic mass is 16.7. The molecule has 0 amide bonds. The summed E-state index contributed by atoms with van der Waals surface area (Å²) in [5.74, 6) is -0.258. The Morgan fingerprint density at radius 1 is 1.46 bits per heavy atom. The molecule has 76 valence electrons. The number of nitrogens with zero attached hydrogens (tertiary/aromatic N) is 1. The molecule has 1 rings (SSSR count). The SMILES string of the molecule is COC1(OC)CC/C(=N/O)C(C)C1. The summed E-state index contributed by atoms with van der Waals surface area (Å²) in [6.07, 6.45) is 2.24. The zero-order valence-corrected chi connectivity index (χ0v) is 8.41. The van der Waals surface area contributed by atoms with Crippen LogP contribution in [0, 0.1) is 5.92 Å². The predicted octanol–water partition coefficient (Wildman–Crippen LogP) is 1.63. The van der Waals surface area contributed by atoms with Gasteiger partial charge in [-0.25, -0.2) is 0 Å². The van der Waals surface area contributed by atoms with Crippen molar-refractivity contribution in [3.63, 3.8) is 0 Å². The third kappa shape index (κ3) is 2.00. The van der Waals surface area contributed by atoms with E-state index in [1.165, 1.54) is 0 Å². The van der Waals surface area contributed by atoms with Gasteiger partial charge in [-0.1, -0.05) is 12.1 Å². The van der Waals surface area contributed by atoms with E-state index < -0.39 is 5.79 Å². The quantitative estimate of drug-likeness (QED) is 0.406. The van der Waals surface area contributed by atoms with Crippen LogP contribution < -0.4 is 0 Å². The summed E-state index contributed by atoms with van der Waals surface area (Å²) in [6, 6.07) is 0. The zero-order chi connectivity index (χ0) is 9.90. The second-order valence-corrected chi connectivity index (χ2v) is 3.52. The standard InChI is InChI=1S/C9H17NO3/c1-7-6-9(12-2,13-3)5-4-8(7)10-11/h7,11H,4-6H2,1-3H3/b10-8-. The Hall–Kier alpha value is -0.610. The Labute approximate surface area is 78.5 Å². The number of methoxy groups -OCH3 is 2. The van der Waals surface area contributed by atoms with Gasteiger partial charge in [-0.05, 0) is 6.42 Å². The molecule has 1 aliphatic rings. The van der Waals surface area contributed by atoms with Crippen LogP contribution in [0.4, 0.5) is 0 Å². The molecule has 0 radical (unpaired) electrons. The van der Waals surface area contributed by atoms with Crippen LogP contribution in [0.2, 0.25) is 0 Å². The Morgan fingerprint density at radius 3 is 2.46 bits per heavy atom. The van der Waals surface area contributed by atoms with Crippen molar-refractivity contribution in [2.75, 3.05) is 14.2 Å². The normalized spacial score (nSPS) is 30.7. The summed E-state index contributed by atoms with van der Waals surface area (Å²) in [6.45, 7) is 2.01. The van der Waals surface area contributed by atoms with Gasteiger partial charge in [0.1, 0.15) is 0 Å². The third-order valence-corrected chi connectivity index (χ3v) is 2.82. The van der Waals surface area contributed by atoms with E-state index in [1.54, 1.807) is 14.2 Å². The van der Waals surface area contributed by atoms with Crippen LogP contribution in [0.1, 0.15) is 26.2 Å². The van der Waals surface area contributed by atoms with Crippen molar-refractivity contribution in [3.8, 4) is 0 Å². The first-order valence-corrected chi connectivity index (χ1v) is 4.48. The molecular formula is C9H17NO3. The molecule has 1 N–H and O–H groups in total. The molecule has 4 nitrogen and oxygen atoms in total. The number of oxime groups is 1. The molecule has 0 aromatic carbocycles. The lowest BCUT2D eigenvalue weighted by molar-refractivity contribution is -0.220. The van der Waals surface area contributed by atoms with Gasteiger partial charge in [-0.2, -0.15) is 0 Å². The Morgan fingerprint density at radius 2 is 2.08 bits per heavy atom. The average Bonchev–Trinajstić information content (AvgIpc) is 2.17. The summed E-state index contributed by atoms with van der Waals surface area (Å²) in [4.78, 5) is 0. The molecule has 1 saturated carbocycles. The van der Waals surface area contributed by atoms with Crippen LogP contribution in [0.5, 0.6) is 0 Å². The summed E-state index contributed by atoms with van der Waals surface area (Å²) in [7, 11) is 3.30. The fourth-order valence-electron chi connectivity index (χ4n) is 1.85. The monoisotopic (exact) mass is 187 g/mol. The van der Waals surface area contributed by atoms with Gasteiger partial charge in [0, 0.05) is 33.0 Å². The third-order valence-electron chi connectivity index (χ3n) is 2.82. The fourth-order valence-corrected chi connectivity index (χ4v) is 1.85. The number of ether oxygens (including phenoxy) is 2. The van der Waals surface area contributed by atoms with E-state index in [-0.39, 0.29) is 5.92 Å². The first-order chi connectivity index (χ1) is 6.17. The Kier molecular flexibility index (Phi) is 3.27. The molecule has 0 saturated heterocycles. The lowest BCUT2D eigenvalue weighted by Gasteiger charge is -2.37. The van der Waals surface area contributed by atoms with Crippen LogP contribution in [-0.4, -0.2) is 30.9 Å². The van der Waals surface area contributed by atoms with E-state index in [4.69, 9.17) is 14.7 Å². The Balaban J connectivity index is 2.68. The lowest BCUT2D eigenvalue weighted by atomic mass is 9.84. The first-order valence-electron chi connectivity index (χ1n) is 4.48. The molecule has 4 heteroatoms. The number of hydrogen-bond acceptors (Lipinski definition) is 4. The van der Waals surface area contributed by atoms with Crippen LogP contribution in [0.3, 0.4) is 0 Å². The van der Waals surface area contributed by atoms with E-state index in [0.717, 1.165) is 25.0 Å². The van der Waals surface area contributed by atoms with Crippen molar-refractivity contribution >= 4 is 5.71 Å². The van der Waals surface area contributed by atoms with E-state index in [9.17, 15) is 0 Å². The summed E-state index contributed by atoms with van der Waals surface area (Å²) < 4.78 is 10.7. The lowest BCUT2D eigenvalue weighted by Crippen LogP contribution is -2.41. The van der Waals surface area contributed by atoms with Crippen LogP contribution in [0.15, 0.2) is 5.16 Å². The molecule has 0 aromatic heterocycles. The highest BCUT2D eigenvalue weighted by Gasteiger charge is 2.37. The number of hydrogen-bond donors (Lipinski definition) is 1. The minimum atomic E-state index is -0.479. The molecule has 1 fully saturated rings. The van der Waals surface area contributed by atoms with Gasteiger partial charge in [-0.3, -0.25) is 0 Å². The van der Waals surface area contributed by atoms with Crippen molar-refractivity contribution in [3.05, 3.63) is 0 Å². The van der Waals surface area contributed by atoms with E-state index >= 15 is 0 Å². The summed E-state index contributed by atoms with van der Waals surface area (Å²) in [5, 5.41) is 12.0. The second-order valence-electron chi connectivity index (χ2n) is 3.52.